The van der Waals surface area contributed by atoms with Crippen LogP contribution in [0.25, 0.3) is 0 Å². The molecule has 2 rings (SSSR count). The quantitative estimate of drug-likeness (QED) is 0.268. The molecule has 1 aromatic carbocycles. The van der Waals surface area contributed by atoms with Crippen LogP contribution in [0.3, 0.4) is 0 Å². The second-order valence-electron chi connectivity index (χ2n) is 4.45. The Bertz CT molecular complexity index is 657. The van der Waals surface area contributed by atoms with Gasteiger partial charge in [0.25, 0.3) is 0 Å². The van der Waals surface area contributed by atoms with E-state index in [1.807, 2.05) is 31.5 Å². The molecule has 0 aliphatic carbocycles. The maximum atomic E-state index is 9.04. The van der Waals surface area contributed by atoms with Gasteiger partial charge in [0.2, 0.25) is 0 Å². The first-order valence-electron chi connectivity index (χ1n) is 6.15. The van der Waals surface area contributed by atoms with Gasteiger partial charge in [-0.05, 0) is 51.3 Å². The van der Waals surface area contributed by atoms with Crippen LogP contribution >= 0.6 is 39.0 Å². The zero-order valence-corrected chi connectivity index (χ0v) is 14.9. The molecule has 2 aromatic rings. The summed E-state index contributed by atoms with van der Waals surface area (Å²) in [6.45, 7) is 0.756. The van der Waals surface area contributed by atoms with Crippen molar-refractivity contribution < 1.29 is 5.21 Å². The molecular weight excluding hydrogens is 370 g/mol. The van der Waals surface area contributed by atoms with E-state index < -0.39 is 0 Å². The molecule has 4 nitrogen and oxygen atoms in total. The van der Waals surface area contributed by atoms with E-state index in [0.717, 1.165) is 26.5 Å². The molecule has 3 N–H and O–H groups in total. The van der Waals surface area contributed by atoms with Gasteiger partial charge in [-0.3, -0.25) is 0 Å². The minimum atomic E-state index is 0.133. The molecule has 0 aliphatic rings. The molecule has 1 heterocycles. The fourth-order valence-electron chi connectivity index (χ4n) is 2.10. The third-order valence-electron chi connectivity index (χ3n) is 3.04. The normalized spacial score (nSPS) is 11.7. The van der Waals surface area contributed by atoms with Crippen molar-refractivity contribution in [3.05, 3.63) is 44.6 Å². The first-order chi connectivity index (χ1) is 10.1. The SMILES string of the molecule is CSc1cccc(N(C)Cc2csc(Br)c2)c1/C(N)=N/O. The van der Waals surface area contributed by atoms with Crippen LogP contribution in [-0.4, -0.2) is 24.3 Å². The molecule has 0 spiro atoms. The highest BCUT2D eigenvalue weighted by atomic mass is 79.9. The Morgan fingerprint density at radius 3 is 2.86 bits per heavy atom. The summed E-state index contributed by atoms with van der Waals surface area (Å²) in [6, 6.07) is 8.03. The van der Waals surface area contributed by atoms with E-state index >= 15 is 0 Å². The number of nitrogens with zero attached hydrogens (tertiary/aromatic N) is 2. The molecule has 0 atom stereocenters. The van der Waals surface area contributed by atoms with E-state index in [-0.39, 0.29) is 5.84 Å². The summed E-state index contributed by atoms with van der Waals surface area (Å²) in [5.41, 5.74) is 8.79. The van der Waals surface area contributed by atoms with Crippen molar-refractivity contribution in [3.8, 4) is 0 Å². The zero-order chi connectivity index (χ0) is 15.4. The number of thiophene rings is 1. The van der Waals surface area contributed by atoms with Gasteiger partial charge >= 0.3 is 0 Å². The smallest absolute Gasteiger partial charge is 0.173 e. The molecule has 112 valence electrons. The molecule has 0 amide bonds. The summed E-state index contributed by atoms with van der Waals surface area (Å²) in [5, 5.41) is 14.3. The number of rotatable bonds is 5. The van der Waals surface area contributed by atoms with Crippen LogP contribution in [0.4, 0.5) is 5.69 Å². The molecule has 21 heavy (non-hydrogen) atoms. The van der Waals surface area contributed by atoms with Gasteiger partial charge in [0.15, 0.2) is 5.84 Å². The van der Waals surface area contributed by atoms with Gasteiger partial charge in [0.1, 0.15) is 0 Å². The fourth-order valence-corrected chi connectivity index (χ4v) is 3.93. The number of anilines is 1. The Labute approximate surface area is 140 Å². The van der Waals surface area contributed by atoms with Crippen molar-refractivity contribution in [2.24, 2.45) is 10.9 Å². The minimum Gasteiger partial charge on any atom is -0.409 e. The lowest BCUT2D eigenvalue weighted by Gasteiger charge is -2.23. The highest BCUT2D eigenvalue weighted by Crippen LogP contribution is 2.30. The second kappa shape index (κ2) is 7.20. The Balaban J connectivity index is 2.38. The van der Waals surface area contributed by atoms with E-state index in [1.165, 1.54) is 5.56 Å². The summed E-state index contributed by atoms with van der Waals surface area (Å²) in [4.78, 5) is 3.09. The van der Waals surface area contributed by atoms with Gasteiger partial charge in [-0.15, -0.1) is 23.1 Å². The van der Waals surface area contributed by atoms with Crippen LogP contribution in [-0.2, 0) is 6.54 Å². The predicted octanol–water partition coefficient (Wildman–Crippen LogP) is 3.96. The molecule has 0 saturated carbocycles. The molecule has 0 unspecified atom stereocenters. The Kier molecular flexibility index (Phi) is 5.55. The van der Waals surface area contributed by atoms with Crippen LogP contribution < -0.4 is 10.6 Å². The number of nitrogens with two attached hydrogens (primary N) is 1. The van der Waals surface area contributed by atoms with Crippen molar-refractivity contribution in [2.75, 3.05) is 18.2 Å². The average Bonchev–Trinajstić information content (AvgIpc) is 2.90. The number of thioether (sulfide) groups is 1. The molecule has 0 saturated heterocycles. The fraction of sp³-hybridized carbons (Fsp3) is 0.214. The van der Waals surface area contributed by atoms with E-state index in [2.05, 4.69) is 37.4 Å². The Morgan fingerprint density at radius 1 is 1.52 bits per heavy atom. The molecule has 7 heteroatoms. The molecule has 0 bridgehead atoms. The van der Waals surface area contributed by atoms with Crippen LogP contribution in [0.1, 0.15) is 11.1 Å². The van der Waals surface area contributed by atoms with Crippen molar-refractivity contribution in [1.29, 1.82) is 0 Å². The van der Waals surface area contributed by atoms with Gasteiger partial charge in [-0.25, -0.2) is 0 Å². The number of hydrogen-bond acceptors (Lipinski definition) is 5. The minimum absolute atomic E-state index is 0.133. The van der Waals surface area contributed by atoms with Gasteiger partial charge in [-0.1, -0.05) is 11.2 Å². The maximum absolute atomic E-state index is 9.04. The van der Waals surface area contributed by atoms with E-state index in [1.54, 1.807) is 23.1 Å². The van der Waals surface area contributed by atoms with Crippen LogP contribution in [0.2, 0.25) is 0 Å². The number of amidine groups is 1. The number of hydrogen-bond donors (Lipinski definition) is 2. The Morgan fingerprint density at radius 2 is 2.29 bits per heavy atom. The molecule has 0 radical (unpaired) electrons. The largest absolute Gasteiger partial charge is 0.409 e. The Hall–Kier alpha value is -1.18. The van der Waals surface area contributed by atoms with Crippen LogP contribution in [0.15, 0.2) is 43.5 Å². The standard InChI is InChI=1S/C14H16BrN3OS2/c1-18(7-9-6-12(15)21-8-9)10-4-3-5-11(20-2)13(10)14(16)17-19/h3-6,8,19H,7H2,1-2H3,(H2,16,17). The highest BCUT2D eigenvalue weighted by Gasteiger charge is 2.16. The lowest BCUT2D eigenvalue weighted by atomic mass is 10.1. The van der Waals surface area contributed by atoms with Crippen molar-refractivity contribution >= 4 is 50.6 Å². The molecule has 0 fully saturated rings. The van der Waals surface area contributed by atoms with Crippen molar-refractivity contribution in [1.82, 2.24) is 0 Å². The first kappa shape index (κ1) is 16.2. The third kappa shape index (κ3) is 3.72. The van der Waals surface area contributed by atoms with Crippen LogP contribution in [0, 0.1) is 0 Å². The summed E-state index contributed by atoms with van der Waals surface area (Å²) in [5.74, 6) is 0.133. The number of halogens is 1. The van der Waals surface area contributed by atoms with E-state index in [9.17, 15) is 0 Å². The first-order valence-corrected chi connectivity index (χ1v) is 9.05. The highest BCUT2D eigenvalue weighted by molar-refractivity contribution is 9.11. The number of oxime groups is 1. The van der Waals surface area contributed by atoms with Crippen molar-refractivity contribution in [3.63, 3.8) is 0 Å². The van der Waals surface area contributed by atoms with E-state index in [4.69, 9.17) is 10.9 Å². The average molecular weight is 386 g/mol. The van der Waals surface area contributed by atoms with Crippen molar-refractivity contribution in [2.45, 2.75) is 11.4 Å². The van der Waals surface area contributed by atoms with Gasteiger partial charge in [-0.2, -0.15) is 0 Å². The summed E-state index contributed by atoms with van der Waals surface area (Å²) < 4.78 is 1.11. The lowest BCUT2D eigenvalue weighted by molar-refractivity contribution is 0.318. The van der Waals surface area contributed by atoms with Gasteiger partial charge < -0.3 is 15.8 Å². The maximum Gasteiger partial charge on any atom is 0.173 e. The van der Waals surface area contributed by atoms with E-state index in [0.29, 0.717) is 0 Å². The lowest BCUT2D eigenvalue weighted by Crippen LogP contribution is -2.23. The third-order valence-corrected chi connectivity index (χ3v) is 5.37. The topological polar surface area (TPSA) is 61.8 Å². The monoisotopic (exact) mass is 385 g/mol. The summed E-state index contributed by atoms with van der Waals surface area (Å²) in [6.07, 6.45) is 1.98. The van der Waals surface area contributed by atoms with Gasteiger partial charge in [0.05, 0.1) is 9.35 Å². The predicted molar refractivity (Wildman–Crippen MR) is 94.9 cm³/mol. The second-order valence-corrected chi connectivity index (χ2v) is 7.59. The summed E-state index contributed by atoms with van der Waals surface area (Å²) in [7, 11) is 2.00. The summed E-state index contributed by atoms with van der Waals surface area (Å²) >= 11 is 6.71. The molecular formula is C14H16BrN3OS2. The molecule has 1 aromatic heterocycles. The number of benzene rings is 1. The zero-order valence-electron chi connectivity index (χ0n) is 11.7. The van der Waals surface area contributed by atoms with Crippen LogP contribution in [0.5, 0.6) is 0 Å². The van der Waals surface area contributed by atoms with Gasteiger partial charge in [0, 0.05) is 24.2 Å². The molecule has 0 aliphatic heterocycles.